The van der Waals surface area contributed by atoms with Gasteiger partial charge in [0.25, 0.3) is 0 Å². The fourth-order valence-corrected chi connectivity index (χ4v) is 1.72. The highest BCUT2D eigenvalue weighted by Gasteiger charge is 2.15. The molecule has 0 spiro atoms. The molecule has 1 atom stereocenters. The minimum Gasteiger partial charge on any atom is -0.312 e. The first-order chi connectivity index (χ1) is 5.77. The quantitative estimate of drug-likeness (QED) is 0.620. The molecule has 1 aliphatic rings. The van der Waals surface area contributed by atoms with Crippen molar-refractivity contribution in [2.45, 2.75) is 19.4 Å². The third kappa shape index (κ3) is 1.23. The second kappa shape index (κ2) is 2.87. The maximum absolute atomic E-state index is 12.8. The van der Waals surface area contributed by atoms with Gasteiger partial charge in [0.15, 0.2) is 0 Å². The van der Waals surface area contributed by atoms with Gasteiger partial charge in [-0.25, -0.2) is 4.39 Å². The van der Waals surface area contributed by atoms with Crippen LogP contribution in [0.25, 0.3) is 0 Å². The molecule has 1 aromatic carbocycles. The van der Waals surface area contributed by atoms with Crippen LogP contribution in [0.3, 0.4) is 0 Å². The van der Waals surface area contributed by atoms with Crippen LogP contribution in [0.1, 0.15) is 24.0 Å². The van der Waals surface area contributed by atoms with Crippen LogP contribution in [-0.2, 0) is 6.54 Å². The second-order valence-electron chi connectivity index (χ2n) is 3.38. The number of halogens is 1. The van der Waals surface area contributed by atoms with Crippen molar-refractivity contribution in [3.8, 4) is 0 Å². The van der Waals surface area contributed by atoms with Gasteiger partial charge in [-0.1, -0.05) is 13.0 Å². The van der Waals surface area contributed by atoms with E-state index in [0.29, 0.717) is 5.92 Å². The number of hydrogen-bond acceptors (Lipinski definition) is 1. The van der Waals surface area contributed by atoms with E-state index in [4.69, 9.17) is 0 Å². The molecule has 1 heterocycles. The van der Waals surface area contributed by atoms with Gasteiger partial charge in [0, 0.05) is 13.1 Å². The minimum absolute atomic E-state index is 0.123. The van der Waals surface area contributed by atoms with Crippen molar-refractivity contribution >= 4 is 0 Å². The molecule has 2 rings (SSSR count). The average molecular weight is 165 g/mol. The zero-order valence-corrected chi connectivity index (χ0v) is 7.10. The van der Waals surface area contributed by atoms with Crippen molar-refractivity contribution in [1.29, 1.82) is 0 Å². The molecule has 0 radical (unpaired) electrons. The maximum atomic E-state index is 12.8. The normalized spacial score (nSPS) is 22.0. The third-order valence-electron chi connectivity index (χ3n) is 2.40. The lowest BCUT2D eigenvalue weighted by Crippen LogP contribution is -2.26. The monoisotopic (exact) mass is 165 g/mol. The molecule has 64 valence electrons. The summed E-state index contributed by atoms with van der Waals surface area (Å²) < 4.78 is 12.8. The fourth-order valence-electron chi connectivity index (χ4n) is 1.72. The van der Waals surface area contributed by atoms with Gasteiger partial charge in [0.1, 0.15) is 5.82 Å². The van der Waals surface area contributed by atoms with Gasteiger partial charge in [-0.3, -0.25) is 0 Å². The summed E-state index contributed by atoms with van der Waals surface area (Å²) in [4.78, 5) is 0. The van der Waals surface area contributed by atoms with E-state index in [1.165, 1.54) is 11.6 Å². The first kappa shape index (κ1) is 7.74. The number of nitrogens with one attached hydrogen (secondary N) is 1. The number of rotatable bonds is 0. The van der Waals surface area contributed by atoms with Crippen molar-refractivity contribution in [3.05, 3.63) is 35.1 Å². The maximum Gasteiger partial charge on any atom is 0.123 e. The number of hydrogen-bond donors (Lipinski definition) is 1. The lowest BCUT2D eigenvalue weighted by Gasteiger charge is -2.23. The molecule has 0 fully saturated rings. The Bertz CT molecular complexity index is 296. The molecular formula is C10H12FN. The SMILES string of the molecule is CC1CNCc2ccc(F)cc21. The van der Waals surface area contributed by atoms with Crippen LogP contribution < -0.4 is 5.32 Å². The molecule has 0 bridgehead atoms. The Morgan fingerprint density at radius 2 is 2.33 bits per heavy atom. The van der Waals surface area contributed by atoms with Gasteiger partial charge >= 0.3 is 0 Å². The van der Waals surface area contributed by atoms with Crippen LogP contribution in [0.2, 0.25) is 0 Å². The number of benzene rings is 1. The van der Waals surface area contributed by atoms with E-state index in [2.05, 4.69) is 12.2 Å². The van der Waals surface area contributed by atoms with E-state index in [0.717, 1.165) is 18.7 Å². The minimum atomic E-state index is -0.123. The Kier molecular flexibility index (Phi) is 1.85. The van der Waals surface area contributed by atoms with E-state index < -0.39 is 0 Å². The Labute approximate surface area is 71.6 Å². The molecule has 1 nitrogen and oxygen atoms in total. The van der Waals surface area contributed by atoms with E-state index in [1.54, 1.807) is 6.07 Å². The van der Waals surface area contributed by atoms with Crippen LogP contribution in [-0.4, -0.2) is 6.54 Å². The lowest BCUT2D eigenvalue weighted by atomic mass is 9.92. The highest BCUT2D eigenvalue weighted by molar-refractivity contribution is 5.32. The Hall–Kier alpha value is -0.890. The van der Waals surface area contributed by atoms with Crippen LogP contribution in [0.5, 0.6) is 0 Å². The second-order valence-corrected chi connectivity index (χ2v) is 3.38. The van der Waals surface area contributed by atoms with Crippen molar-refractivity contribution in [2.75, 3.05) is 6.54 Å². The fraction of sp³-hybridized carbons (Fsp3) is 0.400. The third-order valence-corrected chi connectivity index (χ3v) is 2.40. The van der Waals surface area contributed by atoms with Crippen molar-refractivity contribution < 1.29 is 4.39 Å². The van der Waals surface area contributed by atoms with Gasteiger partial charge in [-0.2, -0.15) is 0 Å². The smallest absolute Gasteiger partial charge is 0.123 e. The molecule has 0 saturated carbocycles. The van der Waals surface area contributed by atoms with Gasteiger partial charge in [-0.05, 0) is 29.2 Å². The lowest BCUT2D eigenvalue weighted by molar-refractivity contribution is 0.558. The number of fused-ring (bicyclic) bond motifs is 1. The van der Waals surface area contributed by atoms with E-state index in [9.17, 15) is 4.39 Å². The van der Waals surface area contributed by atoms with Crippen LogP contribution in [0, 0.1) is 5.82 Å². The van der Waals surface area contributed by atoms with Crippen LogP contribution >= 0.6 is 0 Å². The van der Waals surface area contributed by atoms with Crippen molar-refractivity contribution in [1.82, 2.24) is 5.32 Å². The molecule has 1 aromatic rings. The zero-order valence-electron chi connectivity index (χ0n) is 7.10. The molecule has 1 N–H and O–H groups in total. The molecule has 0 aliphatic carbocycles. The molecule has 12 heavy (non-hydrogen) atoms. The molecule has 0 aromatic heterocycles. The Morgan fingerprint density at radius 3 is 3.17 bits per heavy atom. The summed E-state index contributed by atoms with van der Waals surface area (Å²) in [6.07, 6.45) is 0. The molecule has 2 heteroatoms. The standard InChI is InChI=1S/C10H12FN/c1-7-5-12-6-8-2-3-9(11)4-10(7)8/h2-4,7,12H,5-6H2,1H3. The summed E-state index contributed by atoms with van der Waals surface area (Å²) in [7, 11) is 0. The summed E-state index contributed by atoms with van der Waals surface area (Å²) >= 11 is 0. The van der Waals surface area contributed by atoms with Crippen molar-refractivity contribution in [3.63, 3.8) is 0 Å². The molecule has 0 saturated heterocycles. The molecule has 1 unspecified atom stereocenters. The predicted octanol–water partition coefficient (Wildman–Crippen LogP) is 2.03. The summed E-state index contributed by atoms with van der Waals surface area (Å²) in [5.41, 5.74) is 2.39. The van der Waals surface area contributed by atoms with E-state index in [1.807, 2.05) is 6.07 Å². The van der Waals surface area contributed by atoms with Gasteiger partial charge in [0.2, 0.25) is 0 Å². The highest BCUT2D eigenvalue weighted by atomic mass is 19.1. The Morgan fingerprint density at radius 1 is 1.50 bits per heavy atom. The molecular weight excluding hydrogens is 153 g/mol. The van der Waals surface area contributed by atoms with Gasteiger partial charge in [0.05, 0.1) is 0 Å². The highest BCUT2D eigenvalue weighted by Crippen LogP contribution is 2.23. The topological polar surface area (TPSA) is 12.0 Å². The molecule has 1 aliphatic heterocycles. The summed E-state index contributed by atoms with van der Waals surface area (Å²) in [5, 5.41) is 3.29. The zero-order chi connectivity index (χ0) is 8.55. The molecule has 0 amide bonds. The Balaban J connectivity index is 2.47. The first-order valence-corrected chi connectivity index (χ1v) is 4.26. The average Bonchev–Trinajstić information content (AvgIpc) is 2.07. The van der Waals surface area contributed by atoms with E-state index >= 15 is 0 Å². The van der Waals surface area contributed by atoms with Crippen LogP contribution in [0.4, 0.5) is 4.39 Å². The summed E-state index contributed by atoms with van der Waals surface area (Å²) in [6, 6.07) is 5.05. The summed E-state index contributed by atoms with van der Waals surface area (Å²) in [6.45, 7) is 3.95. The van der Waals surface area contributed by atoms with Gasteiger partial charge in [-0.15, -0.1) is 0 Å². The van der Waals surface area contributed by atoms with Gasteiger partial charge < -0.3 is 5.32 Å². The largest absolute Gasteiger partial charge is 0.312 e. The predicted molar refractivity (Wildman–Crippen MR) is 46.5 cm³/mol. The summed E-state index contributed by atoms with van der Waals surface area (Å²) in [5.74, 6) is 0.312. The van der Waals surface area contributed by atoms with E-state index in [-0.39, 0.29) is 5.82 Å². The first-order valence-electron chi connectivity index (χ1n) is 4.26. The van der Waals surface area contributed by atoms with Crippen LogP contribution in [0.15, 0.2) is 18.2 Å². The van der Waals surface area contributed by atoms with Crippen molar-refractivity contribution in [2.24, 2.45) is 0 Å².